The lowest BCUT2D eigenvalue weighted by molar-refractivity contribution is 0.413. The van der Waals surface area contributed by atoms with Crippen molar-refractivity contribution in [2.24, 2.45) is 5.73 Å². The molecule has 0 atom stereocenters. The van der Waals surface area contributed by atoms with Gasteiger partial charge in [-0.3, -0.25) is 0 Å². The van der Waals surface area contributed by atoms with Gasteiger partial charge in [-0.2, -0.15) is 0 Å². The molecule has 0 heterocycles. The number of ether oxygens (including phenoxy) is 1. The van der Waals surface area contributed by atoms with Crippen molar-refractivity contribution in [2.45, 2.75) is 16.3 Å². The summed E-state index contributed by atoms with van der Waals surface area (Å²) in [6, 6.07) is 16.2. The van der Waals surface area contributed by atoms with Crippen LogP contribution in [-0.4, -0.2) is 7.11 Å². The molecular formula is C14H16ClNOS. The molecule has 96 valence electrons. The Labute approximate surface area is 118 Å². The van der Waals surface area contributed by atoms with E-state index in [1.54, 1.807) is 18.9 Å². The number of nitrogens with two attached hydrogens (primary N) is 1. The van der Waals surface area contributed by atoms with Crippen LogP contribution in [0.1, 0.15) is 5.56 Å². The first-order valence-electron chi connectivity index (χ1n) is 5.43. The molecule has 0 aliphatic carbocycles. The lowest BCUT2D eigenvalue weighted by atomic mass is 10.2. The van der Waals surface area contributed by atoms with Gasteiger partial charge in [0.2, 0.25) is 0 Å². The van der Waals surface area contributed by atoms with Crippen LogP contribution < -0.4 is 10.5 Å². The molecule has 0 bridgehead atoms. The van der Waals surface area contributed by atoms with Gasteiger partial charge < -0.3 is 10.5 Å². The smallest absolute Gasteiger partial charge is 0.119 e. The molecule has 2 nitrogen and oxygen atoms in total. The number of hydrogen-bond donors (Lipinski definition) is 1. The summed E-state index contributed by atoms with van der Waals surface area (Å²) in [5, 5.41) is 0. The molecule has 0 fully saturated rings. The highest BCUT2D eigenvalue weighted by atomic mass is 35.5. The van der Waals surface area contributed by atoms with Gasteiger partial charge in [0.1, 0.15) is 5.75 Å². The third kappa shape index (κ3) is 3.67. The third-order valence-electron chi connectivity index (χ3n) is 2.46. The maximum Gasteiger partial charge on any atom is 0.119 e. The first-order valence-corrected chi connectivity index (χ1v) is 6.25. The Morgan fingerprint density at radius 3 is 2.61 bits per heavy atom. The quantitative estimate of drug-likeness (QED) is 0.927. The first-order chi connectivity index (χ1) is 8.33. The molecule has 2 aromatic rings. The van der Waals surface area contributed by atoms with Crippen LogP contribution in [0.25, 0.3) is 0 Å². The van der Waals surface area contributed by atoms with E-state index in [1.165, 1.54) is 10.5 Å². The Morgan fingerprint density at radius 1 is 1.11 bits per heavy atom. The predicted octanol–water partition coefficient (Wildman–Crippen LogP) is 3.73. The maximum atomic E-state index is 5.72. The van der Waals surface area contributed by atoms with E-state index in [9.17, 15) is 0 Å². The molecule has 0 radical (unpaired) electrons. The van der Waals surface area contributed by atoms with E-state index >= 15 is 0 Å². The van der Waals surface area contributed by atoms with Crippen LogP contribution >= 0.6 is 24.2 Å². The molecule has 0 unspecified atom stereocenters. The van der Waals surface area contributed by atoms with Gasteiger partial charge in [0, 0.05) is 16.3 Å². The molecule has 4 heteroatoms. The van der Waals surface area contributed by atoms with E-state index in [0.717, 1.165) is 10.6 Å². The van der Waals surface area contributed by atoms with E-state index in [-0.39, 0.29) is 12.4 Å². The van der Waals surface area contributed by atoms with E-state index in [4.69, 9.17) is 10.5 Å². The minimum atomic E-state index is 0. The molecule has 0 saturated heterocycles. The summed E-state index contributed by atoms with van der Waals surface area (Å²) >= 11 is 1.71. The molecule has 0 saturated carbocycles. The summed E-state index contributed by atoms with van der Waals surface area (Å²) in [5.41, 5.74) is 6.89. The van der Waals surface area contributed by atoms with Crippen LogP contribution in [0.3, 0.4) is 0 Å². The molecule has 18 heavy (non-hydrogen) atoms. The second-order valence-electron chi connectivity index (χ2n) is 3.59. The zero-order valence-corrected chi connectivity index (χ0v) is 11.8. The fourth-order valence-corrected chi connectivity index (χ4v) is 2.57. The fraction of sp³-hybridized carbons (Fsp3) is 0.143. The summed E-state index contributed by atoms with van der Waals surface area (Å²) in [6.07, 6.45) is 0. The predicted molar refractivity (Wildman–Crippen MR) is 78.7 cm³/mol. The summed E-state index contributed by atoms with van der Waals surface area (Å²) in [7, 11) is 1.68. The number of hydrogen-bond acceptors (Lipinski definition) is 3. The highest BCUT2D eigenvalue weighted by Gasteiger charge is 2.03. The standard InChI is InChI=1S/C14H15NOS.ClH/c1-16-12-6-4-7-13(9-12)17-14-8-3-2-5-11(14)10-15;/h2-9H,10,15H2,1H3;1H. The molecule has 2 rings (SSSR count). The Hall–Kier alpha value is -1.16. The van der Waals surface area contributed by atoms with E-state index < -0.39 is 0 Å². The van der Waals surface area contributed by atoms with Crippen molar-refractivity contribution in [1.82, 2.24) is 0 Å². The van der Waals surface area contributed by atoms with E-state index in [1.807, 2.05) is 30.3 Å². The van der Waals surface area contributed by atoms with Crippen molar-refractivity contribution in [1.29, 1.82) is 0 Å². The molecule has 0 aromatic heterocycles. The van der Waals surface area contributed by atoms with Crippen LogP contribution in [0.4, 0.5) is 0 Å². The number of methoxy groups -OCH3 is 1. The topological polar surface area (TPSA) is 35.2 Å². The van der Waals surface area contributed by atoms with Gasteiger partial charge in [0.15, 0.2) is 0 Å². The average Bonchev–Trinajstić information content (AvgIpc) is 2.39. The lowest BCUT2D eigenvalue weighted by Crippen LogP contribution is -1.97. The molecule has 0 aliphatic heterocycles. The molecular weight excluding hydrogens is 266 g/mol. The zero-order chi connectivity index (χ0) is 12.1. The van der Waals surface area contributed by atoms with Crippen molar-refractivity contribution in [2.75, 3.05) is 7.11 Å². The van der Waals surface area contributed by atoms with Gasteiger partial charge in [0.25, 0.3) is 0 Å². The van der Waals surface area contributed by atoms with Crippen molar-refractivity contribution in [3.63, 3.8) is 0 Å². The van der Waals surface area contributed by atoms with E-state index in [0.29, 0.717) is 6.54 Å². The summed E-state index contributed by atoms with van der Waals surface area (Å²) in [6.45, 7) is 0.563. The number of halogens is 1. The molecule has 0 aliphatic rings. The minimum absolute atomic E-state index is 0. The highest BCUT2D eigenvalue weighted by molar-refractivity contribution is 7.99. The summed E-state index contributed by atoms with van der Waals surface area (Å²) < 4.78 is 5.21. The molecule has 2 aromatic carbocycles. The van der Waals surface area contributed by atoms with Gasteiger partial charge in [-0.1, -0.05) is 36.0 Å². The Morgan fingerprint density at radius 2 is 1.89 bits per heavy atom. The number of rotatable bonds is 4. The van der Waals surface area contributed by atoms with Crippen LogP contribution in [0.15, 0.2) is 58.3 Å². The van der Waals surface area contributed by atoms with Crippen LogP contribution in [0.2, 0.25) is 0 Å². The highest BCUT2D eigenvalue weighted by Crippen LogP contribution is 2.31. The zero-order valence-electron chi connectivity index (χ0n) is 10.1. The second-order valence-corrected chi connectivity index (χ2v) is 4.71. The van der Waals surface area contributed by atoms with Crippen molar-refractivity contribution >= 4 is 24.2 Å². The van der Waals surface area contributed by atoms with Crippen LogP contribution in [-0.2, 0) is 6.54 Å². The van der Waals surface area contributed by atoms with Crippen molar-refractivity contribution < 1.29 is 4.74 Å². The number of benzene rings is 2. The summed E-state index contributed by atoms with van der Waals surface area (Å²) in [4.78, 5) is 2.36. The lowest BCUT2D eigenvalue weighted by Gasteiger charge is -2.08. The van der Waals surface area contributed by atoms with E-state index in [2.05, 4.69) is 18.2 Å². The third-order valence-corrected chi connectivity index (χ3v) is 3.57. The molecule has 2 N–H and O–H groups in total. The second kappa shape index (κ2) is 7.31. The van der Waals surface area contributed by atoms with Crippen LogP contribution in [0.5, 0.6) is 5.75 Å². The van der Waals surface area contributed by atoms with Crippen molar-refractivity contribution in [3.05, 3.63) is 54.1 Å². The minimum Gasteiger partial charge on any atom is -0.497 e. The first kappa shape index (κ1) is 14.9. The Balaban J connectivity index is 0.00000162. The normalized spacial score (nSPS) is 9.67. The largest absolute Gasteiger partial charge is 0.497 e. The monoisotopic (exact) mass is 281 g/mol. The average molecular weight is 282 g/mol. The molecule has 0 amide bonds. The maximum absolute atomic E-state index is 5.72. The Kier molecular flexibility index (Phi) is 6.05. The van der Waals surface area contributed by atoms with Gasteiger partial charge in [-0.15, -0.1) is 12.4 Å². The van der Waals surface area contributed by atoms with Crippen molar-refractivity contribution in [3.8, 4) is 5.75 Å². The van der Waals surface area contributed by atoms with Gasteiger partial charge in [-0.05, 0) is 29.8 Å². The van der Waals surface area contributed by atoms with Gasteiger partial charge in [-0.25, -0.2) is 0 Å². The fourth-order valence-electron chi connectivity index (χ4n) is 1.56. The SMILES string of the molecule is COc1cccc(Sc2ccccc2CN)c1.Cl. The Bertz CT molecular complexity index is 505. The van der Waals surface area contributed by atoms with Gasteiger partial charge >= 0.3 is 0 Å². The van der Waals surface area contributed by atoms with Crippen LogP contribution in [0, 0.1) is 0 Å². The van der Waals surface area contributed by atoms with Gasteiger partial charge in [0.05, 0.1) is 7.11 Å². The molecule has 0 spiro atoms. The summed E-state index contributed by atoms with van der Waals surface area (Å²) in [5.74, 6) is 0.875.